The predicted octanol–water partition coefficient (Wildman–Crippen LogP) is 2.76. The molecule has 0 spiro atoms. The molecule has 2 fully saturated rings. The summed E-state index contributed by atoms with van der Waals surface area (Å²) < 4.78 is 24.4. The number of sulfone groups is 1. The van der Waals surface area contributed by atoms with Gasteiger partial charge in [-0.1, -0.05) is 26.2 Å². The summed E-state index contributed by atoms with van der Waals surface area (Å²) in [7, 11) is -2.82. The van der Waals surface area contributed by atoms with Gasteiger partial charge in [0.05, 0.1) is 11.5 Å². The monoisotopic (exact) mass is 287 g/mol. The van der Waals surface area contributed by atoms with Gasteiger partial charge in [0.25, 0.3) is 0 Å². The summed E-state index contributed by atoms with van der Waals surface area (Å²) in [4.78, 5) is 0. The molecule has 0 aromatic carbocycles. The SMILES string of the molecule is CCNC1CCCC1CCS(=O)(=O)CC1CCCC1. The van der Waals surface area contributed by atoms with E-state index in [-0.39, 0.29) is 0 Å². The molecule has 4 heteroatoms. The maximum absolute atomic E-state index is 12.2. The van der Waals surface area contributed by atoms with E-state index in [0.29, 0.717) is 29.4 Å². The van der Waals surface area contributed by atoms with Crippen LogP contribution in [0.2, 0.25) is 0 Å². The molecule has 0 heterocycles. The average Bonchev–Trinajstić information content (AvgIpc) is 2.98. The van der Waals surface area contributed by atoms with Gasteiger partial charge in [-0.3, -0.25) is 0 Å². The van der Waals surface area contributed by atoms with Gasteiger partial charge < -0.3 is 5.32 Å². The standard InChI is InChI=1S/C15H29NO2S/c1-2-16-15-9-5-8-14(15)10-11-19(17,18)12-13-6-3-4-7-13/h13-16H,2-12H2,1H3. The van der Waals surface area contributed by atoms with Crippen LogP contribution in [0.4, 0.5) is 0 Å². The lowest BCUT2D eigenvalue weighted by Crippen LogP contribution is -2.33. The van der Waals surface area contributed by atoms with E-state index in [4.69, 9.17) is 0 Å². The van der Waals surface area contributed by atoms with Crippen molar-refractivity contribution in [2.24, 2.45) is 11.8 Å². The third-order valence-electron chi connectivity index (χ3n) is 4.89. The predicted molar refractivity (Wildman–Crippen MR) is 80.0 cm³/mol. The minimum Gasteiger partial charge on any atom is -0.314 e. The van der Waals surface area contributed by atoms with Crippen molar-refractivity contribution in [3.63, 3.8) is 0 Å². The minimum atomic E-state index is -2.82. The van der Waals surface area contributed by atoms with E-state index >= 15 is 0 Å². The molecule has 2 aliphatic carbocycles. The number of rotatable bonds is 7. The summed E-state index contributed by atoms with van der Waals surface area (Å²) in [6.45, 7) is 3.13. The topological polar surface area (TPSA) is 46.2 Å². The van der Waals surface area contributed by atoms with E-state index in [2.05, 4.69) is 12.2 Å². The summed E-state index contributed by atoms with van der Waals surface area (Å²) in [5.74, 6) is 1.90. The zero-order chi connectivity index (χ0) is 13.7. The van der Waals surface area contributed by atoms with Crippen molar-refractivity contribution < 1.29 is 8.42 Å². The molecule has 2 unspecified atom stereocenters. The fourth-order valence-electron chi connectivity index (χ4n) is 3.86. The number of hydrogen-bond donors (Lipinski definition) is 1. The molecule has 1 N–H and O–H groups in total. The highest BCUT2D eigenvalue weighted by atomic mass is 32.2. The van der Waals surface area contributed by atoms with E-state index < -0.39 is 9.84 Å². The third-order valence-corrected chi connectivity index (χ3v) is 6.73. The zero-order valence-electron chi connectivity index (χ0n) is 12.2. The van der Waals surface area contributed by atoms with Crippen molar-refractivity contribution in [1.29, 1.82) is 0 Å². The molecule has 3 nitrogen and oxygen atoms in total. The molecule has 0 aromatic rings. The summed E-state index contributed by atoms with van der Waals surface area (Å²) in [5, 5.41) is 3.51. The van der Waals surface area contributed by atoms with Crippen molar-refractivity contribution >= 4 is 9.84 Å². The largest absolute Gasteiger partial charge is 0.314 e. The zero-order valence-corrected chi connectivity index (χ0v) is 13.1. The smallest absolute Gasteiger partial charge is 0.150 e. The second-order valence-corrected chi connectivity index (χ2v) is 8.64. The molecule has 2 rings (SSSR count). The average molecular weight is 287 g/mol. The van der Waals surface area contributed by atoms with Crippen molar-refractivity contribution in [2.45, 2.75) is 64.3 Å². The Hall–Kier alpha value is -0.0900. The molecule has 2 aliphatic rings. The maximum atomic E-state index is 12.2. The molecule has 2 saturated carbocycles. The molecular weight excluding hydrogens is 258 g/mol. The Balaban J connectivity index is 1.76. The van der Waals surface area contributed by atoms with Gasteiger partial charge in [0.2, 0.25) is 0 Å². The van der Waals surface area contributed by atoms with E-state index in [1.165, 1.54) is 32.1 Å². The summed E-state index contributed by atoms with van der Waals surface area (Å²) in [6, 6.07) is 0.562. The number of nitrogens with one attached hydrogen (secondary N) is 1. The van der Waals surface area contributed by atoms with Gasteiger partial charge in [0.15, 0.2) is 9.84 Å². The Morgan fingerprint density at radius 1 is 1.05 bits per heavy atom. The molecule has 19 heavy (non-hydrogen) atoms. The Labute approximate surface area is 118 Å². The highest BCUT2D eigenvalue weighted by Crippen LogP contribution is 2.30. The molecule has 0 bridgehead atoms. The van der Waals surface area contributed by atoms with Crippen LogP contribution in [0.15, 0.2) is 0 Å². The first kappa shape index (κ1) is 15.3. The van der Waals surface area contributed by atoms with Crippen LogP contribution < -0.4 is 5.32 Å². The van der Waals surface area contributed by atoms with Gasteiger partial charge in [-0.15, -0.1) is 0 Å². The van der Waals surface area contributed by atoms with Crippen LogP contribution in [0.1, 0.15) is 58.3 Å². The van der Waals surface area contributed by atoms with Crippen LogP contribution >= 0.6 is 0 Å². The van der Waals surface area contributed by atoms with Crippen molar-refractivity contribution in [3.8, 4) is 0 Å². The second kappa shape index (κ2) is 7.07. The molecule has 0 aromatic heterocycles. The Morgan fingerprint density at radius 3 is 2.47 bits per heavy atom. The van der Waals surface area contributed by atoms with Crippen LogP contribution in [0.25, 0.3) is 0 Å². The van der Waals surface area contributed by atoms with Crippen LogP contribution in [-0.4, -0.2) is 32.5 Å². The lowest BCUT2D eigenvalue weighted by molar-refractivity contribution is 0.397. The maximum Gasteiger partial charge on any atom is 0.150 e. The fraction of sp³-hybridized carbons (Fsp3) is 1.00. The van der Waals surface area contributed by atoms with Gasteiger partial charge in [-0.2, -0.15) is 0 Å². The van der Waals surface area contributed by atoms with Crippen LogP contribution in [-0.2, 0) is 9.84 Å². The van der Waals surface area contributed by atoms with Gasteiger partial charge in [0, 0.05) is 6.04 Å². The Bertz CT molecular complexity index is 360. The lowest BCUT2D eigenvalue weighted by atomic mass is 10.0. The van der Waals surface area contributed by atoms with Gasteiger partial charge >= 0.3 is 0 Å². The first-order valence-corrected chi connectivity index (χ1v) is 9.86. The Kier molecular flexibility index (Phi) is 5.70. The minimum absolute atomic E-state index is 0.413. The van der Waals surface area contributed by atoms with E-state index in [1.807, 2.05) is 0 Å². The van der Waals surface area contributed by atoms with Crippen molar-refractivity contribution in [2.75, 3.05) is 18.1 Å². The van der Waals surface area contributed by atoms with Crippen LogP contribution in [0.5, 0.6) is 0 Å². The molecular formula is C15H29NO2S. The molecule has 2 atom stereocenters. The van der Waals surface area contributed by atoms with E-state index in [0.717, 1.165) is 25.8 Å². The quantitative estimate of drug-likeness (QED) is 0.783. The highest BCUT2D eigenvalue weighted by Gasteiger charge is 2.29. The summed E-state index contributed by atoms with van der Waals surface area (Å²) in [6.07, 6.45) is 9.26. The molecule has 112 valence electrons. The van der Waals surface area contributed by atoms with Crippen LogP contribution in [0, 0.1) is 11.8 Å². The van der Waals surface area contributed by atoms with Gasteiger partial charge in [-0.25, -0.2) is 8.42 Å². The highest BCUT2D eigenvalue weighted by molar-refractivity contribution is 7.91. The molecule has 0 amide bonds. The van der Waals surface area contributed by atoms with Crippen molar-refractivity contribution in [3.05, 3.63) is 0 Å². The van der Waals surface area contributed by atoms with Gasteiger partial charge in [0.1, 0.15) is 0 Å². The number of hydrogen-bond acceptors (Lipinski definition) is 3. The molecule has 0 radical (unpaired) electrons. The summed E-state index contributed by atoms with van der Waals surface area (Å²) in [5.41, 5.74) is 0. The third kappa shape index (κ3) is 4.75. The van der Waals surface area contributed by atoms with Crippen LogP contribution in [0.3, 0.4) is 0 Å². The van der Waals surface area contributed by atoms with Gasteiger partial charge in [-0.05, 0) is 50.5 Å². The van der Waals surface area contributed by atoms with E-state index in [9.17, 15) is 8.42 Å². The molecule has 0 aliphatic heterocycles. The first-order valence-electron chi connectivity index (χ1n) is 8.04. The Morgan fingerprint density at radius 2 is 1.79 bits per heavy atom. The molecule has 0 saturated heterocycles. The normalized spacial score (nSPS) is 29.1. The first-order chi connectivity index (χ1) is 9.11. The summed E-state index contributed by atoms with van der Waals surface area (Å²) >= 11 is 0. The van der Waals surface area contributed by atoms with Crippen molar-refractivity contribution in [1.82, 2.24) is 5.32 Å². The van der Waals surface area contributed by atoms with E-state index in [1.54, 1.807) is 0 Å². The lowest BCUT2D eigenvalue weighted by Gasteiger charge is -2.20. The fourth-order valence-corrected chi connectivity index (χ4v) is 5.74. The second-order valence-electron chi connectivity index (χ2n) is 6.41.